The Bertz CT molecular complexity index is 1080. The maximum absolute atomic E-state index is 14.4. The zero-order valence-electron chi connectivity index (χ0n) is 16.6. The molecule has 0 saturated carbocycles. The molecular weight excluding hydrogens is 476 g/mol. The number of halogens is 2. The van der Waals surface area contributed by atoms with Gasteiger partial charge in [0.1, 0.15) is 40.3 Å². The number of thioether (sulfide) groups is 1. The Morgan fingerprint density at radius 2 is 2.03 bits per heavy atom. The predicted molar refractivity (Wildman–Crippen MR) is 117 cm³/mol. The number of carbonyl (C=O) groups is 3. The van der Waals surface area contributed by atoms with Crippen molar-refractivity contribution in [3.8, 4) is 11.3 Å². The summed E-state index contributed by atoms with van der Waals surface area (Å²) in [7, 11) is 0. The summed E-state index contributed by atoms with van der Waals surface area (Å²) in [6, 6.07) is 2.17. The number of rotatable bonds is 4. The van der Waals surface area contributed by atoms with Gasteiger partial charge < -0.3 is 25.3 Å². The van der Waals surface area contributed by atoms with E-state index in [4.69, 9.17) is 16.1 Å². The first kappa shape index (κ1) is 26.6. The number of carboxylic acids is 1. The number of nitrogens with zero attached hydrogens (tertiary/aromatic N) is 2. The van der Waals surface area contributed by atoms with Gasteiger partial charge in [-0.25, -0.2) is 9.18 Å². The van der Waals surface area contributed by atoms with Crippen LogP contribution in [0.2, 0.25) is 5.02 Å². The van der Waals surface area contributed by atoms with Gasteiger partial charge in [-0.3, -0.25) is 9.59 Å². The van der Waals surface area contributed by atoms with Gasteiger partial charge in [-0.2, -0.15) is 0 Å². The van der Waals surface area contributed by atoms with Crippen molar-refractivity contribution in [1.29, 1.82) is 0 Å². The maximum atomic E-state index is 14.4. The molecule has 9 nitrogen and oxygen atoms in total. The summed E-state index contributed by atoms with van der Waals surface area (Å²) in [5.41, 5.74) is -0.185. The van der Waals surface area contributed by atoms with Gasteiger partial charge in [0.05, 0.1) is 10.6 Å². The van der Waals surface area contributed by atoms with Crippen molar-refractivity contribution in [3.63, 3.8) is 0 Å². The molecule has 4 rings (SSSR count). The summed E-state index contributed by atoms with van der Waals surface area (Å²) < 4.78 is 18.7. The van der Waals surface area contributed by atoms with E-state index in [1.54, 1.807) is 13.8 Å². The molecule has 4 N–H and O–H groups in total. The number of carboxylic acid groups (broad SMARTS) is 1. The number of fused-ring (bicyclic) bond motifs is 1. The second-order valence-corrected chi connectivity index (χ2v) is 9.79. The Hall–Kier alpha value is -1.63. The van der Waals surface area contributed by atoms with Crippen LogP contribution in [-0.2, 0) is 9.59 Å². The average molecular weight is 496 g/mol. The molecule has 13 heteroatoms. The summed E-state index contributed by atoms with van der Waals surface area (Å²) in [6.45, 7) is 4.97. The molecule has 2 aliphatic rings. The molecule has 0 spiro atoms. The summed E-state index contributed by atoms with van der Waals surface area (Å²) in [4.78, 5) is 38.5. The van der Waals surface area contributed by atoms with Crippen LogP contribution in [0.1, 0.15) is 30.0 Å². The number of aryl methyl sites for hydroxylation is 1. The van der Waals surface area contributed by atoms with Crippen LogP contribution in [0.15, 0.2) is 22.7 Å². The SMILES string of the molecule is Cc1onc(-c2c(F)cccc2Cl)c1C(=O)N[C@@H]1C(=O)N2[C@@H]1SC(C)(C)[C@@H]2C(=O)O.O.[NaH]. The molecule has 2 amide bonds. The molecule has 3 atom stereocenters. The van der Waals surface area contributed by atoms with Gasteiger partial charge in [-0.05, 0) is 32.9 Å². The summed E-state index contributed by atoms with van der Waals surface area (Å²) >= 11 is 7.40. The molecule has 168 valence electrons. The zero-order valence-corrected chi connectivity index (χ0v) is 18.2. The fourth-order valence-corrected chi connectivity index (χ4v) is 5.77. The molecule has 3 heterocycles. The van der Waals surface area contributed by atoms with Gasteiger partial charge in [0.25, 0.3) is 5.91 Å². The fourth-order valence-electron chi connectivity index (χ4n) is 3.89. The Morgan fingerprint density at radius 1 is 1.38 bits per heavy atom. The van der Waals surface area contributed by atoms with Crippen molar-refractivity contribution in [2.45, 2.75) is 43.0 Å². The standard InChI is InChI=1S/C19H17ClFN3O5S.Na.H2O.H/c1-7-10(12(23-29-7)11-8(20)5-4-6-9(11)21)15(25)22-13-16(26)24-14(18(27)28)19(2,3)30-17(13)24;;;/h4-6,13-14,17H,1-3H3,(H,22,25)(H,27,28);;1H2;/t13-,14+,17-;;;/m1.../s1. The van der Waals surface area contributed by atoms with Gasteiger partial charge in [-0.1, -0.05) is 22.8 Å². The molecule has 0 unspecified atom stereocenters. The van der Waals surface area contributed by atoms with Crippen LogP contribution >= 0.6 is 23.4 Å². The topological polar surface area (TPSA) is 144 Å². The van der Waals surface area contributed by atoms with Crippen LogP contribution in [0.4, 0.5) is 4.39 Å². The van der Waals surface area contributed by atoms with E-state index in [1.165, 1.54) is 41.8 Å². The number of amides is 2. The van der Waals surface area contributed by atoms with Gasteiger partial charge in [0.2, 0.25) is 5.91 Å². The first-order chi connectivity index (χ1) is 14.0. The Labute approximate surface area is 213 Å². The Morgan fingerprint density at radius 3 is 2.62 bits per heavy atom. The van der Waals surface area contributed by atoms with Crippen molar-refractivity contribution in [2.24, 2.45) is 0 Å². The fraction of sp³-hybridized carbons (Fsp3) is 0.368. The molecule has 1 aromatic carbocycles. The zero-order chi connectivity index (χ0) is 22.0. The minimum absolute atomic E-state index is 0. The van der Waals surface area contributed by atoms with Gasteiger partial charge in [0.15, 0.2) is 0 Å². The molecule has 1 aromatic heterocycles. The van der Waals surface area contributed by atoms with Crippen LogP contribution < -0.4 is 5.32 Å². The Balaban J connectivity index is 0.00000181. The molecular formula is C19H20ClFN3NaO6S. The number of hydrogen-bond donors (Lipinski definition) is 2. The number of nitrogens with one attached hydrogen (secondary N) is 1. The van der Waals surface area contributed by atoms with Crippen LogP contribution in [0.3, 0.4) is 0 Å². The third kappa shape index (κ3) is 4.06. The Kier molecular flexibility index (Phi) is 7.75. The van der Waals surface area contributed by atoms with Gasteiger partial charge in [-0.15, -0.1) is 11.8 Å². The number of carbonyl (C=O) groups excluding carboxylic acids is 2. The summed E-state index contributed by atoms with van der Waals surface area (Å²) in [6.07, 6.45) is 0. The normalized spacial score (nSPS) is 22.8. The molecule has 2 saturated heterocycles. The van der Waals surface area contributed by atoms with Crippen LogP contribution in [-0.4, -0.2) is 90.2 Å². The molecule has 0 aliphatic carbocycles. The van der Waals surface area contributed by atoms with Crippen LogP contribution in [0.5, 0.6) is 0 Å². The number of β-lactam (4-membered cyclic amide) rings is 1. The molecule has 0 bridgehead atoms. The third-order valence-electron chi connectivity index (χ3n) is 5.25. The van der Waals surface area contributed by atoms with E-state index in [-0.39, 0.29) is 62.6 Å². The average Bonchev–Trinajstić information content (AvgIpc) is 3.14. The third-order valence-corrected chi connectivity index (χ3v) is 7.14. The first-order valence-corrected chi connectivity index (χ1v) is 10.2. The van der Waals surface area contributed by atoms with Crippen molar-refractivity contribution in [1.82, 2.24) is 15.4 Å². The van der Waals surface area contributed by atoms with Crippen molar-refractivity contribution >= 4 is 70.7 Å². The minimum atomic E-state index is -1.10. The van der Waals surface area contributed by atoms with E-state index in [1.807, 2.05) is 0 Å². The predicted octanol–water partition coefficient (Wildman–Crippen LogP) is 1.21. The van der Waals surface area contributed by atoms with Crippen molar-refractivity contribution < 1.29 is 33.9 Å². The van der Waals surface area contributed by atoms with Crippen LogP contribution in [0.25, 0.3) is 11.3 Å². The van der Waals surface area contributed by atoms with E-state index < -0.39 is 45.8 Å². The van der Waals surface area contributed by atoms with E-state index in [2.05, 4.69) is 10.5 Å². The monoisotopic (exact) mass is 495 g/mol. The van der Waals surface area contributed by atoms with Crippen molar-refractivity contribution in [2.75, 3.05) is 0 Å². The summed E-state index contributed by atoms with van der Waals surface area (Å²) in [5.74, 6) is -2.81. The first-order valence-electron chi connectivity index (χ1n) is 8.99. The molecule has 32 heavy (non-hydrogen) atoms. The van der Waals surface area contributed by atoms with Gasteiger partial charge in [0, 0.05) is 4.75 Å². The number of aromatic nitrogens is 1. The molecule has 2 aromatic rings. The molecule has 2 aliphatic heterocycles. The number of aliphatic carboxylic acids is 1. The van der Waals surface area contributed by atoms with E-state index in [9.17, 15) is 23.9 Å². The number of hydrogen-bond acceptors (Lipinski definition) is 6. The van der Waals surface area contributed by atoms with E-state index in [0.29, 0.717) is 0 Å². The quantitative estimate of drug-likeness (QED) is 0.479. The number of benzene rings is 1. The summed E-state index contributed by atoms with van der Waals surface area (Å²) in [5, 5.41) is 15.4. The second kappa shape index (κ2) is 9.32. The van der Waals surface area contributed by atoms with E-state index >= 15 is 0 Å². The van der Waals surface area contributed by atoms with E-state index in [0.717, 1.165) is 0 Å². The van der Waals surface area contributed by atoms with Crippen LogP contribution in [0, 0.1) is 12.7 Å². The van der Waals surface area contributed by atoms with Crippen molar-refractivity contribution in [3.05, 3.63) is 40.4 Å². The van der Waals surface area contributed by atoms with Gasteiger partial charge >= 0.3 is 35.5 Å². The molecule has 2 fully saturated rings. The molecule has 0 radical (unpaired) electrons. The second-order valence-electron chi connectivity index (χ2n) is 7.61.